The largest absolute Gasteiger partial charge is 0.488 e. The van der Waals surface area contributed by atoms with Crippen molar-refractivity contribution in [1.29, 1.82) is 0 Å². The number of nitrogens with one attached hydrogen (secondary N) is 1. The number of aryl methyl sites for hydroxylation is 1. The average molecular weight is 519 g/mol. The topological polar surface area (TPSA) is 50.7 Å². The molecule has 1 aliphatic rings. The molecule has 1 fully saturated rings. The van der Waals surface area contributed by atoms with E-state index in [0.29, 0.717) is 32.5 Å². The smallest absolute Gasteiger partial charge is 0.264 e. The molecule has 0 saturated carbocycles. The summed E-state index contributed by atoms with van der Waals surface area (Å²) >= 11 is 13.4. The Balaban J connectivity index is 1.48. The van der Waals surface area contributed by atoms with E-state index in [0.717, 1.165) is 33.2 Å². The molecule has 0 unspecified atom stereocenters. The third-order valence-electron chi connectivity index (χ3n) is 5.55. The maximum absolute atomic E-state index is 12.8. The minimum atomic E-state index is -0.197. The summed E-state index contributed by atoms with van der Waals surface area (Å²) in [7, 11) is 0. The average Bonchev–Trinajstić information content (AvgIpc) is 3.20. The van der Waals surface area contributed by atoms with E-state index in [2.05, 4.69) is 10.3 Å². The number of ether oxygens (including phenoxy) is 1. The van der Waals surface area contributed by atoms with Crippen LogP contribution in [0.15, 0.2) is 88.8 Å². The number of carbonyl (C=O) groups excluding carboxylic acids is 1. The number of hydrogen-bond acceptors (Lipinski definition) is 4. The molecule has 35 heavy (non-hydrogen) atoms. The van der Waals surface area contributed by atoms with Crippen molar-refractivity contribution in [3.8, 4) is 5.75 Å². The molecule has 7 heteroatoms. The first-order valence-corrected chi connectivity index (χ1v) is 12.5. The van der Waals surface area contributed by atoms with Gasteiger partial charge >= 0.3 is 0 Å². The summed E-state index contributed by atoms with van der Waals surface area (Å²) in [6.07, 6.45) is 1.87. The molecule has 1 N–H and O–H groups in total. The molecule has 0 spiro atoms. The maximum Gasteiger partial charge on any atom is 0.264 e. The number of aliphatic imine (C=N–C) groups is 1. The Morgan fingerprint density at radius 1 is 0.971 bits per heavy atom. The zero-order valence-corrected chi connectivity index (χ0v) is 21.0. The Bertz CT molecular complexity index is 1500. The van der Waals surface area contributed by atoms with Crippen LogP contribution in [0, 0.1) is 6.92 Å². The zero-order chi connectivity index (χ0) is 24.4. The number of amidine groups is 1. The van der Waals surface area contributed by atoms with Crippen molar-refractivity contribution in [3.63, 3.8) is 0 Å². The SMILES string of the molecule is Cc1cc(Cl)ccc1N=C1NC(=O)/C(=C/c2c(OCc3ccc(Cl)cc3)ccc3ccccc23)S1. The number of carbonyl (C=O) groups is 1. The van der Waals surface area contributed by atoms with Gasteiger partial charge < -0.3 is 10.1 Å². The van der Waals surface area contributed by atoms with Gasteiger partial charge in [-0.3, -0.25) is 4.79 Å². The van der Waals surface area contributed by atoms with E-state index in [1.54, 1.807) is 6.07 Å². The van der Waals surface area contributed by atoms with Crippen molar-refractivity contribution in [3.05, 3.63) is 111 Å². The molecule has 0 aromatic heterocycles. The van der Waals surface area contributed by atoms with Crippen LogP contribution < -0.4 is 10.1 Å². The second-order valence-electron chi connectivity index (χ2n) is 8.03. The zero-order valence-electron chi connectivity index (χ0n) is 18.7. The van der Waals surface area contributed by atoms with E-state index in [1.807, 2.05) is 85.8 Å². The predicted octanol–water partition coefficient (Wildman–Crippen LogP) is 7.93. The lowest BCUT2D eigenvalue weighted by Gasteiger charge is -2.13. The molecule has 4 nitrogen and oxygen atoms in total. The third-order valence-corrected chi connectivity index (χ3v) is 6.94. The number of hydrogen-bond donors (Lipinski definition) is 1. The molecular weight excluding hydrogens is 499 g/mol. The Morgan fingerprint density at radius 2 is 1.74 bits per heavy atom. The highest BCUT2D eigenvalue weighted by atomic mass is 35.5. The predicted molar refractivity (Wildman–Crippen MR) is 147 cm³/mol. The molecule has 4 aromatic rings. The van der Waals surface area contributed by atoms with Crippen LogP contribution in [-0.4, -0.2) is 11.1 Å². The monoisotopic (exact) mass is 518 g/mol. The van der Waals surface area contributed by atoms with Crippen molar-refractivity contribution in [2.75, 3.05) is 0 Å². The van der Waals surface area contributed by atoms with Crippen LogP contribution in [-0.2, 0) is 11.4 Å². The van der Waals surface area contributed by atoms with E-state index >= 15 is 0 Å². The number of thioether (sulfide) groups is 1. The van der Waals surface area contributed by atoms with Gasteiger partial charge in [0.25, 0.3) is 5.91 Å². The third kappa shape index (κ3) is 5.38. The normalized spacial score (nSPS) is 15.7. The molecule has 174 valence electrons. The van der Waals surface area contributed by atoms with Crippen molar-refractivity contribution < 1.29 is 9.53 Å². The first-order valence-electron chi connectivity index (χ1n) is 10.9. The van der Waals surface area contributed by atoms with Crippen LogP contribution in [0.3, 0.4) is 0 Å². The van der Waals surface area contributed by atoms with Crippen LogP contribution in [0.2, 0.25) is 10.0 Å². The maximum atomic E-state index is 12.8. The molecule has 0 radical (unpaired) electrons. The molecule has 1 amide bonds. The summed E-state index contributed by atoms with van der Waals surface area (Å²) in [6.45, 7) is 2.32. The van der Waals surface area contributed by atoms with E-state index < -0.39 is 0 Å². The molecule has 4 aromatic carbocycles. The summed E-state index contributed by atoms with van der Waals surface area (Å²) in [5, 5.41) is 6.78. The number of rotatable bonds is 5. The van der Waals surface area contributed by atoms with Gasteiger partial charge in [-0.05, 0) is 83.1 Å². The molecule has 1 saturated heterocycles. The second kappa shape index (κ2) is 10.2. The standard InChI is InChI=1S/C28H20Cl2N2O2S/c1-17-14-21(30)11-12-24(17)31-28-32-27(33)26(35-28)15-23-22-5-3-2-4-19(22)8-13-25(23)34-16-18-6-9-20(29)10-7-18/h2-15H,16H2,1H3,(H,31,32,33)/b26-15-. The van der Waals surface area contributed by atoms with E-state index in [4.69, 9.17) is 27.9 Å². The minimum absolute atomic E-state index is 0.197. The fraction of sp³-hybridized carbons (Fsp3) is 0.0714. The molecule has 0 aliphatic carbocycles. The van der Waals surface area contributed by atoms with E-state index in [1.165, 1.54) is 11.8 Å². The lowest BCUT2D eigenvalue weighted by atomic mass is 10.0. The Labute approximate surface area is 217 Å². The summed E-state index contributed by atoms with van der Waals surface area (Å²) in [4.78, 5) is 18.0. The Kier molecular flexibility index (Phi) is 6.82. The van der Waals surface area contributed by atoms with Gasteiger partial charge in [0.15, 0.2) is 5.17 Å². The van der Waals surface area contributed by atoms with Gasteiger partial charge in [-0.15, -0.1) is 0 Å². The van der Waals surface area contributed by atoms with Gasteiger partial charge in [0.1, 0.15) is 12.4 Å². The van der Waals surface area contributed by atoms with Gasteiger partial charge in [-0.25, -0.2) is 4.99 Å². The quantitative estimate of drug-likeness (QED) is 0.273. The van der Waals surface area contributed by atoms with Crippen LogP contribution in [0.4, 0.5) is 5.69 Å². The summed E-state index contributed by atoms with van der Waals surface area (Å²) < 4.78 is 6.19. The van der Waals surface area contributed by atoms with Gasteiger partial charge in [0, 0.05) is 15.6 Å². The van der Waals surface area contributed by atoms with Crippen molar-refractivity contribution in [2.45, 2.75) is 13.5 Å². The fourth-order valence-corrected chi connectivity index (χ4v) is 4.93. The molecule has 0 atom stereocenters. The second-order valence-corrected chi connectivity index (χ2v) is 9.93. The molecule has 1 aliphatic heterocycles. The number of benzene rings is 4. The minimum Gasteiger partial charge on any atom is -0.488 e. The van der Waals surface area contributed by atoms with Crippen molar-refractivity contribution >= 4 is 68.6 Å². The van der Waals surface area contributed by atoms with Gasteiger partial charge in [-0.2, -0.15) is 0 Å². The van der Waals surface area contributed by atoms with Crippen molar-refractivity contribution in [2.24, 2.45) is 4.99 Å². The van der Waals surface area contributed by atoms with Crippen LogP contribution in [0.5, 0.6) is 5.75 Å². The highest BCUT2D eigenvalue weighted by molar-refractivity contribution is 8.18. The van der Waals surface area contributed by atoms with Crippen LogP contribution >= 0.6 is 35.0 Å². The number of nitrogens with zero attached hydrogens (tertiary/aromatic N) is 1. The van der Waals surface area contributed by atoms with E-state index in [9.17, 15) is 4.79 Å². The highest BCUT2D eigenvalue weighted by Gasteiger charge is 2.25. The molecular formula is C28H20Cl2N2O2S. The van der Waals surface area contributed by atoms with Crippen molar-refractivity contribution in [1.82, 2.24) is 5.32 Å². The number of amides is 1. The van der Waals surface area contributed by atoms with Crippen LogP contribution in [0.1, 0.15) is 16.7 Å². The van der Waals surface area contributed by atoms with Gasteiger partial charge in [-0.1, -0.05) is 65.7 Å². The Morgan fingerprint density at radius 3 is 2.54 bits per heavy atom. The van der Waals surface area contributed by atoms with Crippen LogP contribution in [0.25, 0.3) is 16.8 Å². The highest BCUT2D eigenvalue weighted by Crippen LogP contribution is 2.35. The lowest BCUT2D eigenvalue weighted by molar-refractivity contribution is -0.115. The van der Waals surface area contributed by atoms with Gasteiger partial charge in [0.2, 0.25) is 0 Å². The van der Waals surface area contributed by atoms with E-state index in [-0.39, 0.29) is 5.91 Å². The van der Waals surface area contributed by atoms with Gasteiger partial charge in [0.05, 0.1) is 10.6 Å². The summed E-state index contributed by atoms with van der Waals surface area (Å²) in [6, 6.07) is 25.0. The summed E-state index contributed by atoms with van der Waals surface area (Å²) in [5.41, 5.74) is 3.54. The molecule has 0 bridgehead atoms. The number of fused-ring (bicyclic) bond motifs is 1. The summed E-state index contributed by atoms with van der Waals surface area (Å²) in [5.74, 6) is 0.496. The Hall–Kier alpha value is -3.25. The first kappa shape index (κ1) is 23.5. The number of halogens is 2. The molecule has 5 rings (SSSR count). The lowest BCUT2D eigenvalue weighted by Crippen LogP contribution is -2.19. The first-order chi connectivity index (χ1) is 17.0. The molecule has 1 heterocycles. The fourth-order valence-electron chi connectivity index (χ4n) is 3.76.